The van der Waals surface area contributed by atoms with Crippen LogP contribution < -0.4 is 5.73 Å². The fourth-order valence-electron chi connectivity index (χ4n) is 2.10. The summed E-state index contributed by atoms with van der Waals surface area (Å²) in [6, 6.07) is 5.99. The largest absolute Gasteiger partial charge is 0.394 e. The zero-order valence-electron chi connectivity index (χ0n) is 14.1. The Morgan fingerprint density at radius 3 is 2.15 bits per heavy atom. The highest BCUT2D eigenvalue weighted by Gasteiger charge is 2.45. The number of carbonyl (C=O) groups excluding carboxylic acids is 3. The van der Waals surface area contributed by atoms with E-state index in [9.17, 15) is 24.6 Å². The zero-order chi connectivity index (χ0) is 20.9. The van der Waals surface area contributed by atoms with Crippen molar-refractivity contribution in [2.45, 2.75) is 20.8 Å². The van der Waals surface area contributed by atoms with Crippen molar-refractivity contribution in [3.05, 3.63) is 35.4 Å². The number of carbonyl (C=O) groups is 3. The van der Waals surface area contributed by atoms with Crippen LogP contribution in [0.5, 0.6) is 0 Å². The Balaban J connectivity index is 3.19. The molecule has 0 saturated heterocycles. The third-order valence-corrected chi connectivity index (χ3v) is 8.62. The molecular weight excluding hydrogens is 699 g/mol. The number of nitrogens with zero attached hydrogens (tertiary/aromatic N) is 2. The molecule has 0 fully saturated rings. The SMILES string of the molecule is CC(=O)N(CC(O)CO)C(O)C(I)(I)N(I)C(=O)c1ccccc1C(N)=O. The van der Waals surface area contributed by atoms with E-state index in [1.807, 2.05) is 0 Å². The Labute approximate surface area is 197 Å². The van der Waals surface area contributed by atoms with E-state index in [0.717, 1.165) is 8.01 Å². The van der Waals surface area contributed by atoms with Gasteiger partial charge in [-0.05, 0) is 57.3 Å². The number of aliphatic hydroxyl groups excluding tert-OH is 3. The number of amides is 3. The van der Waals surface area contributed by atoms with E-state index < -0.39 is 38.2 Å². The smallest absolute Gasteiger partial charge is 0.265 e. The minimum atomic E-state index is -1.51. The number of alkyl halides is 2. The summed E-state index contributed by atoms with van der Waals surface area (Å²) in [6.07, 6.45) is -2.76. The van der Waals surface area contributed by atoms with Gasteiger partial charge in [-0.25, -0.2) is 0 Å². The van der Waals surface area contributed by atoms with Gasteiger partial charge in [-0.3, -0.25) is 17.5 Å². The van der Waals surface area contributed by atoms with Gasteiger partial charge in [0.05, 0.1) is 53.2 Å². The molecule has 0 aliphatic rings. The third-order valence-electron chi connectivity index (χ3n) is 3.49. The fraction of sp³-hybridized carbons (Fsp3) is 0.400. The minimum Gasteiger partial charge on any atom is -0.394 e. The second-order valence-electron chi connectivity index (χ2n) is 5.47. The molecule has 1 aromatic carbocycles. The van der Waals surface area contributed by atoms with E-state index in [1.165, 1.54) is 19.1 Å². The number of halogens is 3. The van der Waals surface area contributed by atoms with Gasteiger partial charge < -0.3 is 26.0 Å². The van der Waals surface area contributed by atoms with Gasteiger partial charge >= 0.3 is 0 Å². The molecule has 5 N–H and O–H groups in total. The minimum absolute atomic E-state index is 0.0291. The van der Waals surface area contributed by atoms with Crippen molar-refractivity contribution in [1.82, 2.24) is 8.01 Å². The second kappa shape index (κ2) is 10.5. The predicted molar refractivity (Wildman–Crippen MR) is 122 cm³/mol. The van der Waals surface area contributed by atoms with Crippen molar-refractivity contribution in [3.63, 3.8) is 0 Å². The summed E-state index contributed by atoms with van der Waals surface area (Å²) in [5.74, 6) is -1.92. The van der Waals surface area contributed by atoms with Crippen molar-refractivity contribution >= 4 is 85.8 Å². The molecule has 1 rings (SSSR count). The topological polar surface area (TPSA) is 144 Å². The second-order valence-corrected chi connectivity index (χ2v) is 11.8. The lowest BCUT2D eigenvalue weighted by Crippen LogP contribution is -2.56. The van der Waals surface area contributed by atoms with Crippen LogP contribution in [0.4, 0.5) is 0 Å². The Hall–Kier alpha value is -0.300. The van der Waals surface area contributed by atoms with Crippen LogP contribution in [-0.4, -0.2) is 68.1 Å². The van der Waals surface area contributed by atoms with Gasteiger partial charge in [0.1, 0.15) is 0 Å². The Kier molecular flexibility index (Phi) is 9.59. The molecular formula is C15H18I3N3O6. The molecule has 150 valence electrons. The summed E-state index contributed by atoms with van der Waals surface area (Å²) >= 11 is 5.25. The first-order valence-electron chi connectivity index (χ1n) is 7.46. The molecule has 9 nitrogen and oxygen atoms in total. The quantitative estimate of drug-likeness (QED) is 0.102. The Morgan fingerprint density at radius 1 is 1.19 bits per heavy atom. The molecule has 0 aliphatic heterocycles. The Bertz CT molecular complexity index is 718. The van der Waals surface area contributed by atoms with Crippen molar-refractivity contribution < 1.29 is 29.7 Å². The molecule has 0 aromatic heterocycles. The lowest BCUT2D eigenvalue weighted by atomic mass is 10.1. The van der Waals surface area contributed by atoms with Gasteiger partial charge in [0.15, 0.2) is 7.78 Å². The van der Waals surface area contributed by atoms with E-state index in [1.54, 1.807) is 80.2 Å². The molecule has 0 spiro atoms. The van der Waals surface area contributed by atoms with Crippen LogP contribution in [0.3, 0.4) is 0 Å². The van der Waals surface area contributed by atoms with Gasteiger partial charge in [0.2, 0.25) is 11.8 Å². The fourth-order valence-corrected chi connectivity index (χ4v) is 3.72. The van der Waals surface area contributed by atoms with Gasteiger partial charge in [0.25, 0.3) is 5.91 Å². The molecule has 0 saturated carbocycles. The first kappa shape index (κ1) is 24.7. The van der Waals surface area contributed by atoms with Crippen LogP contribution in [0.15, 0.2) is 24.3 Å². The number of nitrogens with two attached hydrogens (primary N) is 1. The summed E-state index contributed by atoms with van der Waals surface area (Å²) in [5, 5.41) is 29.3. The normalized spacial score (nSPS) is 13.6. The molecule has 12 heteroatoms. The lowest BCUT2D eigenvalue weighted by molar-refractivity contribution is -0.143. The number of primary amides is 1. The van der Waals surface area contributed by atoms with Crippen LogP contribution in [0, 0.1) is 0 Å². The molecule has 0 radical (unpaired) electrons. The first-order chi connectivity index (χ1) is 12.4. The number of rotatable bonds is 8. The van der Waals surface area contributed by atoms with Crippen LogP contribution in [0.25, 0.3) is 0 Å². The molecule has 0 aliphatic carbocycles. The van der Waals surface area contributed by atoms with E-state index in [2.05, 4.69) is 0 Å². The number of hydrogen-bond donors (Lipinski definition) is 4. The first-order valence-corrected chi connectivity index (χ1v) is 10.6. The predicted octanol–water partition coefficient (Wildman–Crippen LogP) is 0.622. The number of aliphatic hydroxyl groups is 3. The maximum atomic E-state index is 12.9. The van der Waals surface area contributed by atoms with Gasteiger partial charge in [-0.1, -0.05) is 12.1 Å². The summed E-state index contributed by atoms with van der Waals surface area (Å²) in [5.41, 5.74) is 5.39. The van der Waals surface area contributed by atoms with E-state index >= 15 is 0 Å². The third kappa shape index (κ3) is 6.09. The molecule has 3 amide bonds. The number of benzene rings is 1. The summed E-state index contributed by atoms with van der Waals surface area (Å²) < 4.78 is -0.224. The average molecular weight is 717 g/mol. The van der Waals surface area contributed by atoms with E-state index in [4.69, 9.17) is 10.8 Å². The van der Waals surface area contributed by atoms with Crippen LogP contribution in [0.1, 0.15) is 27.6 Å². The maximum absolute atomic E-state index is 12.9. The highest BCUT2D eigenvalue weighted by Crippen LogP contribution is 2.41. The van der Waals surface area contributed by atoms with Crippen molar-refractivity contribution in [1.29, 1.82) is 0 Å². The van der Waals surface area contributed by atoms with Gasteiger partial charge in [-0.2, -0.15) is 0 Å². The highest BCUT2D eigenvalue weighted by molar-refractivity contribution is 14.2. The van der Waals surface area contributed by atoms with Crippen molar-refractivity contribution in [2.75, 3.05) is 13.2 Å². The van der Waals surface area contributed by atoms with Crippen molar-refractivity contribution in [2.24, 2.45) is 5.73 Å². The summed E-state index contributed by atoms with van der Waals surface area (Å²) in [6.45, 7) is 0.278. The van der Waals surface area contributed by atoms with Gasteiger partial charge in [0, 0.05) is 6.92 Å². The standard InChI is InChI=1S/C15H18I3N3O6/c1-8(23)20(6-9(24)7-22)14(27)15(16,17)21(18)13(26)11-5-3-2-4-10(11)12(19)25/h2-5,9,14,22,24,27H,6-7H2,1H3,(H2,19,25). The van der Waals surface area contributed by atoms with Crippen LogP contribution in [0.2, 0.25) is 0 Å². The lowest BCUT2D eigenvalue weighted by Gasteiger charge is -2.40. The highest BCUT2D eigenvalue weighted by atomic mass is 127. The summed E-state index contributed by atoms with van der Waals surface area (Å²) in [7, 11) is 0. The molecule has 27 heavy (non-hydrogen) atoms. The zero-order valence-corrected chi connectivity index (χ0v) is 20.5. The average Bonchev–Trinajstić information content (AvgIpc) is 2.63. The van der Waals surface area contributed by atoms with E-state index in [0.29, 0.717) is 0 Å². The molecule has 0 bridgehead atoms. The summed E-state index contributed by atoms with van der Waals surface area (Å²) in [4.78, 5) is 37.3. The van der Waals surface area contributed by atoms with Gasteiger partial charge in [-0.15, -0.1) is 0 Å². The monoisotopic (exact) mass is 717 g/mol. The number of hydrogen-bond acceptors (Lipinski definition) is 6. The molecule has 2 atom stereocenters. The van der Waals surface area contributed by atoms with Crippen LogP contribution >= 0.6 is 68.0 Å². The Morgan fingerprint density at radius 2 is 1.70 bits per heavy atom. The molecule has 2 unspecified atom stereocenters. The van der Waals surface area contributed by atoms with Crippen LogP contribution in [-0.2, 0) is 4.79 Å². The molecule has 0 heterocycles. The maximum Gasteiger partial charge on any atom is 0.265 e. The van der Waals surface area contributed by atoms with E-state index in [-0.39, 0.29) is 17.7 Å². The molecule has 1 aromatic rings. The van der Waals surface area contributed by atoms with Crippen molar-refractivity contribution in [3.8, 4) is 0 Å².